The van der Waals surface area contributed by atoms with E-state index in [2.05, 4.69) is 31.2 Å². The Bertz CT molecular complexity index is 668. The van der Waals surface area contributed by atoms with Gasteiger partial charge in [0, 0.05) is 13.1 Å². The molecule has 7 nitrogen and oxygen atoms in total. The number of nitro benzene ring substituents is 1. The van der Waals surface area contributed by atoms with Crippen molar-refractivity contribution in [3.63, 3.8) is 0 Å². The number of aromatic nitrogens is 2. The Morgan fingerprint density at radius 3 is 2.90 bits per heavy atom. The van der Waals surface area contributed by atoms with Crippen LogP contribution >= 0.6 is 27.5 Å². The van der Waals surface area contributed by atoms with E-state index in [1.807, 2.05) is 0 Å². The first-order valence-corrected chi connectivity index (χ1v) is 6.51. The van der Waals surface area contributed by atoms with Gasteiger partial charge in [-0.1, -0.05) is 17.7 Å². The van der Waals surface area contributed by atoms with Crippen LogP contribution in [0.3, 0.4) is 0 Å². The van der Waals surface area contributed by atoms with Gasteiger partial charge in [0.05, 0.1) is 11.1 Å². The smallest absolute Gasteiger partial charge is 0.287 e. The molecule has 0 unspecified atom stereocenters. The zero-order chi connectivity index (χ0) is 14.7. The summed E-state index contributed by atoms with van der Waals surface area (Å²) in [6.07, 6.45) is 1.38. The predicted molar refractivity (Wildman–Crippen MR) is 77.5 cm³/mol. The molecule has 2 rings (SSSR count). The third-order valence-electron chi connectivity index (χ3n) is 2.28. The van der Waals surface area contributed by atoms with Crippen LogP contribution in [0.25, 0.3) is 0 Å². The first-order valence-electron chi connectivity index (χ1n) is 5.34. The number of nitro groups is 1. The summed E-state index contributed by atoms with van der Waals surface area (Å²) in [5.41, 5.74) is -0.110. The maximum Gasteiger partial charge on any atom is 0.287 e. The van der Waals surface area contributed by atoms with E-state index >= 15 is 0 Å². The van der Waals surface area contributed by atoms with Gasteiger partial charge in [0.25, 0.3) is 5.69 Å². The SMILES string of the molecule is CNc1ncc(Cl)c(Oc2cccc([N+](=O)[O-])c2Br)n1. The molecule has 1 heterocycles. The Labute approximate surface area is 127 Å². The molecule has 9 heteroatoms. The standard InChI is InChI=1S/C11H8BrClN4O3/c1-14-11-15-5-6(13)10(16-11)20-8-4-2-3-7(9(8)12)17(18)19/h2-5H,1H3,(H,14,15,16). The van der Waals surface area contributed by atoms with E-state index in [0.29, 0.717) is 5.95 Å². The fourth-order valence-electron chi connectivity index (χ4n) is 1.37. The van der Waals surface area contributed by atoms with E-state index in [9.17, 15) is 10.1 Å². The van der Waals surface area contributed by atoms with Gasteiger partial charge in [0.15, 0.2) is 5.75 Å². The molecular weight excluding hydrogens is 352 g/mol. The Balaban J connectivity index is 2.40. The highest BCUT2D eigenvalue weighted by Crippen LogP contribution is 2.37. The van der Waals surface area contributed by atoms with Gasteiger partial charge in [-0.25, -0.2) is 4.98 Å². The number of anilines is 1. The number of ether oxygens (including phenoxy) is 1. The van der Waals surface area contributed by atoms with Crippen LogP contribution in [-0.4, -0.2) is 21.9 Å². The van der Waals surface area contributed by atoms with Gasteiger partial charge in [-0.2, -0.15) is 4.98 Å². The van der Waals surface area contributed by atoms with E-state index in [4.69, 9.17) is 16.3 Å². The maximum absolute atomic E-state index is 10.9. The van der Waals surface area contributed by atoms with Crippen molar-refractivity contribution in [3.05, 3.63) is 44.0 Å². The summed E-state index contributed by atoms with van der Waals surface area (Å²) in [6, 6.07) is 4.43. The molecule has 2 aromatic rings. The summed E-state index contributed by atoms with van der Waals surface area (Å²) < 4.78 is 5.71. The minimum absolute atomic E-state index is 0.104. The van der Waals surface area contributed by atoms with Gasteiger partial charge >= 0.3 is 0 Å². The van der Waals surface area contributed by atoms with Crippen molar-refractivity contribution < 1.29 is 9.66 Å². The van der Waals surface area contributed by atoms with Crippen LogP contribution in [0.5, 0.6) is 11.6 Å². The number of benzene rings is 1. The molecule has 1 aromatic heterocycles. The van der Waals surface area contributed by atoms with Crippen molar-refractivity contribution in [1.82, 2.24) is 9.97 Å². The van der Waals surface area contributed by atoms with E-state index in [1.165, 1.54) is 18.3 Å². The van der Waals surface area contributed by atoms with E-state index in [0.717, 1.165) is 0 Å². The Kier molecular flexibility index (Phi) is 4.35. The zero-order valence-corrected chi connectivity index (χ0v) is 12.5. The number of nitrogens with one attached hydrogen (secondary N) is 1. The van der Waals surface area contributed by atoms with Crippen LogP contribution in [0, 0.1) is 10.1 Å². The topological polar surface area (TPSA) is 90.2 Å². The average molecular weight is 360 g/mol. The average Bonchev–Trinajstić information content (AvgIpc) is 2.43. The largest absolute Gasteiger partial charge is 0.436 e. The van der Waals surface area contributed by atoms with Gasteiger partial charge in [0.2, 0.25) is 11.8 Å². The molecule has 1 aromatic carbocycles. The van der Waals surface area contributed by atoms with Gasteiger partial charge in [-0.3, -0.25) is 10.1 Å². The predicted octanol–water partition coefficient (Wildman–Crippen LogP) is 3.63. The van der Waals surface area contributed by atoms with Crippen LogP contribution in [0.2, 0.25) is 5.02 Å². The second-order valence-electron chi connectivity index (χ2n) is 3.55. The summed E-state index contributed by atoms with van der Waals surface area (Å²) in [7, 11) is 1.65. The lowest BCUT2D eigenvalue weighted by Crippen LogP contribution is -1.99. The van der Waals surface area contributed by atoms with Gasteiger partial charge in [-0.05, 0) is 22.0 Å². The lowest BCUT2D eigenvalue weighted by atomic mass is 10.3. The van der Waals surface area contributed by atoms with Gasteiger partial charge in [-0.15, -0.1) is 0 Å². The Morgan fingerprint density at radius 2 is 2.25 bits per heavy atom. The molecular formula is C11H8BrClN4O3. The highest BCUT2D eigenvalue weighted by Gasteiger charge is 2.18. The fourth-order valence-corrected chi connectivity index (χ4v) is 1.99. The van der Waals surface area contributed by atoms with Crippen molar-refractivity contribution in [2.45, 2.75) is 0 Å². The number of nitrogens with zero attached hydrogens (tertiary/aromatic N) is 3. The van der Waals surface area contributed by atoms with E-state index < -0.39 is 4.92 Å². The Hall–Kier alpha value is -1.93. The maximum atomic E-state index is 10.9. The first kappa shape index (κ1) is 14.5. The van der Waals surface area contributed by atoms with E-state index in [1.54, 1.807) is 13.1 Å². The summed E-state index contributed by atoms with van der Waals surface area (Å²) in [4.78, 5) is 18.3. The van der Waals surface area contributed by atoms with E-state index in [-0.39, 0.29) is 26.8 Å². The molecule has 20 heavy (non-hydrogen) atoms. The van der Waals surface area contributed by atoms with Crippen molar-refractivity contribution in [1.29, 1.82) is 0 Å². The van der Waals surface area contributed by atoms with Crippen molar-refractivity contribution in [2.24, 2.45) is 0 Å². The highest BCUT2D eigenvalue weighted by molar-refractivity contribution is 9.10. The fraction of sp³-hybridized carbons (Fsp3) is 0.0909. The van der Waals surface area contributed by atoms with Crippen molar-refractivity contribution in [2.75, 3.05) is 12.4 Å². The van der Waals surface area contributed by atoms with Crippen LogP contribution in [0.1, 0.15) is 0 Å². The zero-order valence-electron chi connectivity index (χ0n) is 10.1. The molecule has 0 fully saturated rings. The third kappa shape index (κ3) is 2.97. The molecule has 0 aliphatic heterocycles. The van der Waals surface area contributed by atoms with Crippen molar-refractivity contribution >= 4 is 39.2 Å². The summed E-state index contributed by atoms with van der Waals surface area (Å²) in [5.74, 6) is 0.667. The molecule has 0 atom stereocenters. The number of hydrogen-bond acceptors (Lipinski definition) is 6. The molecule has 0 saturated carbocycles. The molecule has 0 bridgehead atoms. The Morgan fingerprint density at radius 1 is 1.50 bits per heavy atom. The van der Waals surface area contributed by atoms with Gasteiger partial charge < -0.3 is 10.1 Å². The molecule has 0 aliphatic carbocycles. The van der Waals surface area contributed by atoms with Crippen LogP contribution in [0.15, 0.2) is 28.9 Å². The highest BCUT2D eigenvalue weighted by atomic mass is 79.9. The minimum atomic E-state index is -0.516. The number of rotatable bonds is 4. The number of halogens is 2. The van der Waals surface area contributed by atoms with Crippen LogP contribution in [-0.2, 0) is 0 Å². The molecule has 1 N–H and O–H groups in total. The molecule has 0 spiro atoms. The molecule has 0 radical (unpaired) electrons. The normalized spacial score (nSPS) is 10.2. The van der Waals surface area contributed by atoms with Crippen molar-refractivity contribution in [3.8, 4) is 11.6 Å². The van der Waals surface area contributed by atoms with Crippen LogP contribution in [0.4, 0.5) is 11.6 Å². The van der Waals surface area contributed by atoms with Crippen LogP contribution < -0.4 is 10.1 Å². The summed E-state index contributed by atoms with van der Waals surface area (Å²) in [5, 5.41) is 13.8. The molecule has 0 saturated heterocycles. The third-order valence-corrected chi connectivity index (χ3v) is 3.34. The quantitative estimate of drug-likeness (QED) is 0.662. The van der Waals surface area contributed by atoms with Gasteiger partial charge in [0.1, 0.15) is 9.50 Å². The minimum Gasteiger partial charge on any atom is -0.436 e. The molecule has 0 amide bonds. The lowest BCUT2D eigenvalue weighted by Gasteiger charge is -2.09. The number of hydrogen-bond donors (Lipinski definition) is 1. The molecule has 104 valence electrons. The molecule has 0 aliphatic rings. The summed E-state index contributed by atoms with van der Waals surface area (Å²) >= 11 is 9.06. The lowest BCUT2D eigenvalue weighted by molar-refractivity contribution is -0.385. The monoisotopic (exact) mass is 358 g/mol. The second kappa shape index (κ2) is 6.02. The second-order valence-corrected chi connectivity index (χ2v) is 4.75. The summed E-state index contributed by atoms with van der Waals surface area (Å²) in [6.45, 7) is 0. The first-order chi connectivity index (χ1) is 9.52.